The number of benzene rings is 2. The van der Waals surface area contributed by atoms with E-state index in [1.54, 1.807) is 0 Å². The molecule has 0 bridgehead atoms. The van der Waals surface area contributed by atoms with Gasteiger partial charge in [0.2, 0.25) is 5.91 Å². The third-order valence-corrected chi connectivity index (χ3v) is 5.15. The van der Waals surface area contributed by atoms with Crippen molar-refractivity contribution in [3.8, 4) is 0 Å². The maximum atomic E-state index is 12.9. The number of amides is 1. The SMILES string of the molecule is Cc1ccccc1CN1CCC[C@@H](C(=O)N(C)Cc2ccccc2)C1. The molecule has 2 aromatic carbocycles. The largest absolute Gasteiger partial charge is 0.341 e. The van der Waals surface area contributed by atoms with Crippen LogP contribution in [0.15, 0.2) is 54.6 Å². The van der Waals surface area contributed by atoms with Gasteiger partial charge in [0.1, 0.15) is 0 Å². The number of likely N-dealkylation sites (tertiary alicyclic amines) is 1. The van der Waals surface area contributed by atoms with E-state index in [1.807, 2.05) is 30.1 Å². The van der Waals surface area contributed by atoms with E-state index in [9.17, 15) is 4.79 Å². The highest BCUT2D eigenvalue weighted by molar-refractivity contribution is 5.78. The van der Waals surface area contributed by atoms with Crippen molar-refractivity contribution in [3.63, 3.8) is 0 Å². The second-order valence-electron chi connectivity index (χ2n) is 7.18. The van der Waals surface area contributed by atoms with Crippen LogP contribution in [-0.4, -0.2) is 35.8 Å². The summed E-state index contributed by atoms with van der Waals surface area (Å²) in [5.74, 6) is 0.393. The summed E-state index contributed by atoms with van der Waals surface area (Å²) < 4.78 is 0. The molecule has 1 amide bonds. The summed E-state index contributed by atoms with van der Waals surface area (Å²) >= 11 is 0. The molecule has 0 radical (unpaired) electrons. The van der Waals surface area contributed by atoms with Crippen LogP contribution < -0.4 is 0 Å². The summed E-state index contributed by atoms with van der Waals surface area (Å²) in [6.45, 7) is 5.75. The fourth-order valence-electron chi connectivity index (χ4n) is 3.68. The molecule has 1 aliphatic rings. The first kappa shape index (κ1) is 17.7. The molecule has 0 aliphatic carbocycles. The standard InChI is InChI=1S/C22H28N2O/c1-18-9-6-7-12-20(18)16-24-14-8-13-21(17-24)22(25)23(2)15-19-10-4-3-5-11-19/h3-7,9-12,21H,8,13-17H2,1-2H3/t21-/m1/s1. The lowest BCUT2D eigenvalue weighted by molar-refractivity contribution is -0.136. The summed E-state index contributed by atoms with van der Waals surface area (Å²) in [7, 11) is 1.93. The zero-order valence-corrected chi connectivity index (χ0v) is 15.3. The van der Waals surface area contributed by atoms with Crippen LogP contribution in [0.3, 0.4) is 0 Å². The van der Waals surface area contributed by atoms with Crippen molar-refractivity contribution in [2.45, 2.75) is 32.9 Å². The molecule has 0 spiro atoms. The van der Waals surface area contributed by atoms with Crippen LogP contribution in [0.25, 0.3) is 0 Å². The van der Waals surface area contributed by atoms with Crippen LogP contribution in [0.2, 0.25) is 0 Å². The zero-order valence-electron chi connectivity index (χ0n) is 15.3. The van der Waals surface area contributed by atoms with Crippen molar-refractivity contribution in [2.75, 3.05) is 20.1 Å². The van der Waals surface area contributed by atoms with E-state index < -0.39 is 0 Å². The molecule has 2 aromatic rings. The molecule has 0 unspecified atom stereocenters. The highest BCUT2D eigenvalue weighted by Crippen LogP contribution is 2.22. The van der Waals surface area contributed by atoms with Gasteiger partial charge in [0.05, 0.1) is 5.92 Å². The average molecular weight is 336 g/mol. The van der Waals surface area contributed by atoms with Crippen molar-refractivity contribution >= 4 is 5.91 Å². The molecule has 1 aliphatic heterocycles. The van der Waals surface area contributed by atoms with Crippen LogP contribution in [0, 0.1) is 12.8 Å². The van der Waals surface area contributed by atoms with Crippen molar-refractivity contribution < 1.29 is 4.79 Å². The lowest BCUT2D eigenvalue weighted by Crippen LogP contribution is -2.43. The molecule has 1 atom stereocenters. The summed E-state index contributed by atoms with van der Waals surface area (Å²) in [4.78, 5) is 17.2. The van der Waals surface area contributed by atoms with Crippen molar-refractivity contribution in [3.05, 3.63) is 71.3 Å². The molecule has 0 N–H and O–H groups in total. The Morgan fingerprint density at radius 1 is 1.12 bits per heavy atom. The van der Waals surface area contributed by atoms with E-state index in [1.165, 1.54) is 16.7 Å². The predicted octanol–water partition coefficient (Wildman–Crippen LogP) is 3.87. The Hall–Kier alpha value is -2.13. The van der Waals surface area contributed by atoms with Crippen LogP contribution in [0.1, 0.15) is 29.5 Å². The van der Waals surface area contributed by atoms with Crippen molar-refractivity contribution in [1.82, 2.24) is 9.80 Å². The highest BCUT2D eigenvalue weighted by atomic mass is 16.2. The molecule has 25 heavy (non-hydrogen) atoms. The minimum Gasteiger partial charge on any atom is -0.341 e. The number of piperidine rings is 1. The minimum atomic E-state index is 0.117. The molecule has 132 valence electrons. The van der Waals surface area contributed by atoms with Gasteiger partial charge in [-0.05, 0) is 43.0 Å². The predicted molar refractivity (Wildman–Crippen MR) is 102 cm³/mol. The molecule has 3 heteroatoms. The number of carbonyl (C=O) groups is 1. The van der Waals surface area contributed by atoms with Gasteiger partial charge in [-0.1, -0.05) is 54.6 Å². The molecule has 1 fully saturated rings. The lowest BCUT2D eigenvalue weighted by Gasteiger charge is -2.34. The second-order valence-corrected chi connectivity index (χ2v) is 7.18. The van der Waals surface area contributed by atoms with Gasteiger partial charge in [-0.3, -0.25) is 9.69 Å². The van der Waals surface area contributed by atoms with Crippen LogP contribution in [0.5, 0.6) is 0 Å². The van der Waals surface area contributed by atoms with Gasteiger partial charge < -0.3 is 4.90 Å². The minimum absolute atomic E-state index is 0.117. The molecule has 0 saturated carbocycles. The number of hydrogen-bond acceptors (Lipinski definition) is 2. The fraction of sp³-hybridized carbons (Fsp3) is 0.409. The lowest BCUT2D eigenvalue weighted by atomic mass is 9.95. The average Bonchev–Trinajstić information content (AvgIpc) is 2.64. The number of carbonyl (C=O) groups excluding carboxylic acids is 1. The molecular weight excluding hydrogens is 308 g/mol. The van der Waals surface area contributed by atoms with E-state index in [0.29, 0.717) is 6.54 Å². The Morgan fingerprint density at radius 3 is 2.60 bits per heavy atom. The third kappa shape index (κ3) is 4.70. The maximum absolute atomic E-state index is 12.9. The van der Waals surface area contributed by atoms with Crippen molar-refractivity contribution in [1.29, 1.82) is 0 Å². The smallest absolute Gasteiger partial charge is 0.227 e. The van der Waals surface area contributed by atoms with Crippen molar-refractivity contribution in [2.24, 2.45) is 5.92 Å². The van der Waals surface area contributed by atoms with Gasteiger partial charge >= 0.3 is 0 Å². The first-order chi connectivity index (χ1) is 12.1. The third-order valence-electron chi connectivity index (χ3n) is 5.15. The monoisotopic (exact) mass is 336 g/mol. The van der Waals surface area contributed by atoms with Gasteiger partial charge in [-0.15, -0.1) is 0 Å². The summed E-state index contributed by atoms with van der Waals surface area (Å²) in [6.07, 6.45) is 2.10. The quantitative estimate of drug-likeness (QED) is 0.827. The number of aryl methyl sites for hydroxylation is 1. The number of hydrogen-bond donors (Lipinski definition) is 0. The Kier molecular flexibility index (Phi) is 5.87. The Bertz CT molecular complexity index is 698. The van der Waals surface area contributed by atoms with Crippen LogP contribution in [0.4, 0.5) is 0 Å². The van der Waals surface area contributed by atoms with E-state index >= 15 is 0 Å². The summed E-state index contributed by atoms with van der Waals surface area (Å²) in [5, 5.41) is 0. The second kappa shape index (κ2) is 8.30. The van der Waals surface area contributed by atoms with Gasteiger partial charge in [-0.25, -0.2) is 0 Å². The van der Waals surface area contributed by atoms with E-state index in [-0.39, 0.29) is 11.8 Å². The first-order valence-corrected chi connectivity index (χ1v) is 9.19. The molecule has 3 nitrogen and oxygen atoms in total. The van der Waals surface area contributed by atoms with E-state index in [4.69, 9.17) is 0 Å². The van der Waals surface area contributed by atoms with Gasteiger partial charge in [0.15, 0.2) is 0 Å². The molecule has 0 aromatic heterocycles. The fourth-order valence-corrected chi connectivity index (χ4v) is 3.68. The van der Waals surface area contributed by atoms with E-state index in [0.717, 1.165) is 32.5 Å². The van der Waals surface area contributed by atoms with E-state index in [2.05, 4.69) is 48.2 Å². The molecule has 3 rings (SSSR count). The first-order valence-electron chi connectivity index (χ1n) is 9.19. The van der Waals surface area contributed by atoms with Gasteiger partial charge in [0, 0.05) is 26.7 Å². The molecule has 1 saturated heterocycles. The molecular formula is C22H28N2O. The van der Waals surface area contributed by atoms with Gasteiger partial charge in [-0.2, -0.15) is 0 Å². The number of rotatable bonds is 5. The highest BCUT2D eigenvalue weighted by Gasteiger charge is 2.28. The zero-order chi connectivity index (χ0) is 17.6. The summed E-state index contributed by atoms with van der Waals surface area (Å²) in [6, 6.07) is 18.8. The topological polar surface area (TPSA) is 23.6 Å². The number of nitrogens with zero attached hydrogens (tertiary/aromatic N) is 2. The Labute approximate surface area is 151 Å². The van der Waals surface area contributed by atoms with Crippen LogP contribution in [-0.2, 0) is 17.9 Å². The maximum Gasteiger partial charge on any atom is 0.227 e. The molecule has 1 heterocycles. The van der Waals surface area contributed by atoms with Gasteiger partial charge in [0.25, 0.3) is 0 Å². The Morgan fingerprint density at radius 2 is 1.84 bits per heavy atom. The Balaban J connectivity index is 1.58. The van der Waals surface area contributed by atoms with Crippen LogP contribution >= 0.6 is 0 Å². The normalized spacial score (nSPS) is 18.1. The summed E-state index contributed by atoms with van der Waals surface area (Å²) in [5.41, 5.74) is 3.89.